The molecule has 9 amide bonds. The SMILES string of the molecule is CC(=O)NCCC[C@@H]1NC(=O)CNC(=O)CNC(=O)CNC(=O)[C@@H](CCCN(O)C(C)=O)NC(=O)[C@H](CCCN(O)C(C)=O)NC1=O. The Morgan fingerprint density at radius 1 is 0.617 bits per heavy atom. The minimum atomic E-state index is -1.36. The monoisotopic (exact) mass is 671 g/mol. The average Bonchev–Trinajstić information content (AvgIpc) is 3.00. The van der Waals surface area contributed by atoms with Gasteiger partial charge in [-0.25, -0.2) is 10.1 Å². The van der Waals surface area contributed by atoms with Crippen molar-refractivity contribution in [3.05, 3.63) is 0 Å². The molecule has 1 saturated heterocycles. The molecule has 1 rings (SSSR count). The summed E-state index contributed by atoms with van der Waals surface area (Å²) < 4.78 is 0. The van der Waals surface area contributed by atoms with E-state index in [1.165, 1.54) is 6.92 Å². The van der Waals surface area contributed by atoms with Gasteiger partial charge in [-0.1, -0.05) is 0 Å². The first-order valence-corrected chi connectivity index (χ1v) is 15.0. The number of rotatable bonds is 12. The van der Waals surface area contributed by atoms with Gasteiger partial charge in [-0.3, -0.25) is 53.6 Å². The molecule has 0 aromatic heterocycles. The van der Waals surface area contributed by atoms with E-state index in [1.54, 1.807) is 0 Å². The van der Waals surface area contributed by atoms with Gasteiger partial charge in [0.2, 0.25) is 53.2 Å². The quantitative estimate of drug-likeness (QED) is 0.0544. The molecule has 1 heterocycles. The molecule has 1 aliphatic rings. The second-order valence-electron chi connectivity index (χ2n) is 10.7. The van der Waals surface area contributed by atoms with E-state index in [2.05, 4.69) is 37.2 Å². The Balaban J connectivity index is 3.33. The largest absolute Gasteiger partial charge is 0.356 e. The maximum atomic E-state index is 13.5. The fraction of sp³-hybridized carbons (Fsp3) is 0.667. The van der Waals surface area contributed by atoms with Crippen LogP contribution in [-0.2, 0) is 43.2 Å². The molecule has 1 aliphatic heterocycles. The molecule has 0 aromatic rings. The predicted octanol–water partition coefficient (Wildman–Crippen LogP) is -4.24. The molecule has 0 aromatic carbocycles. The van der Waals surface area contributed by atoms with Crippen LogP contribution in [-0.4, -0.2) is 131 Å². The highest BCUT2D eigenvalue weighted by molar-refractivity contribution is 5.96. The number of hydrogen-bond donors (Lipinski definition) is 9. The van der Waals surface area contributed by atoms with Gasteiger partial charge < -0.3 is 37.2 Å². The lowest BCUT2D eigenvalue weighted by molar-refractivity contribution is -0.163. The van der Waals surface area contributed by atoms with Crippen LogP contribution in [0.3, 0.4) is 0 Å². The van der Waals surface area contributed by atoms with Gasteiger partial charge in [-0.15, -0.1) is 0 Å². The van der Waals surface area contributed by atoms with Crippen LogP contribution in [0.25, 0.3) is 0 Å². The van der Waals surface area contributed by atoms with E-state index in [0.29, 0.717) is 10.1 Å². The van der Waals surface area contributed by atoms with Gasteiger partial charge in [-0.2, -0.15) is 0 Å². The molecule has 0 radical (unpaired) electrons. The van der Waals surface area contributed by atoms with Crippen molar-refractivity contribution >= 4 is 53.2 Å². The van der Waals surface area contributed by atoms with E-state index in [9.17, 15) is 53.6 Å². The van der Waals surface area contributed by atoms with Crippen molar-refractivity contribution < 1.29 is 53.6 Å². The first kappa shape index (κ1) is 40.2. The van der Waals surface area contributed by atoms with Gasteiger partial charge in [0.1, 0.15) is 18.1 Å². The Morgan fingerprint density at radius 3 is 1.49 bits per heavy atom. The van der Waals surface area contributed by atoms with Crippen molar-refractivity contribution in [1.29, 1.82) is 0 Å². The zero-order valence-electron chi connectivity index (χ0n) is 26.7. The fourth-order valence-electron chi connectivity index (χ4n) is 4.15. The lowest BCUT2D eigenvalue weighted by Gasteiger charge is -2.26. The highest BCUT2D eigenvalue weighted by Gasteiger charge is 2.30. The molecule has 0 bridgehead atoms. The Kier molecular flexibility index (Phi) is 18.0. The van der Waals surface area contributed by atoms with Crippen LogP contribution < -0.4 is 37.2 Å². The van der Waals surface area contributed by atoms with Gasteiger partial charge in [0.05, 0.1) is 19.6 Å². The van der Waals surface area contributed by atoms with E-state index < -0.39 is 85.0 Å². The third kappa shape index (κ3) is 16.9. The van der Waals surface area contributed by atoms with Crippen molar-refractivity contribution in [1.82, 2.24) is 47.3 Å². The first-order valence-electron chi connectivity index (χ1n) is 15.0. The Bertz CT molecular complexity index is 1170. The van der Waals surface area contributed by atoms with Crippen molar-refractivity contribution in [2.45, 2.75) is 77.4 Å². The maximum Gasteiger partial charge on any atom is 0.243 e. The highest BCUT2D eigenvalue weighted by Crippen LogP contribution is 2.07. The zero-order valence-corrected chi connectivity index (χ0v) is 26.7. The van der Waals surface area contributed by atoms with Gasteiger partial charge in [-0.05, 0) is 38.5 Å². The molecule has 47 heavy (non-hydrogen) atoms. The summed E-state index contributed by atoms with van der Waals surface area (Å²) in [5, 5.41) is 37.2. The van der Waals surface area contributed by atoms with Crippen LogP contribution in [0.2, 0.25) is 0 Å². The molecule has 0 unspecified atom stereocenters. The highest BCUT2D eigenvalue weighted by atomic mass is 16.5. The van der Waals surface area contributed by atoms with Crippen LogP contribution in [0.5, 0.6) is 0 Å². The number of carbonyl (C=O) groups is 9. The number of hydroxylamine groups is 4. The molecule has 0 saturated carbocycles. The first-order chi connectivity index (χ1) is 22.1. The van der Waals surface area contributed by atoms with Crippen molar-refractivity contribution in [2.75, 3.05) is 39.3 Å². The summed E-state index contributed by atoms with van der Waals surface area (Å²) in [4.78, 5) is 111. The number of hydrogen-bond acceptors (Lipinski definition) is 11. The third-order valence-corrected chi connectivity index (χ3v) is 6.73. The van der Waals surface area contributed by atoms with Crippen molar-refractivity contribution in [3.8, 4) is 0 Å². The lowest BCUT2D eigenvalue weighted by atomic mass is 10.1. The minimum absolute atomic E-state index is 0.00376. The molecular weight excluding hydrogens is 626 g/mol. The smallest absolute Gasteiger partial charge is 0.243 e. The Hall–Kier alpha value is -4.85. The fourth-order valence-corrected chi connectivity index (χ4v) is 4.15. The molecule has 20 nitrogen and oxygen atoms in total. The molecule has 264 valence electrons. The number of nitrogens with zero attached hydrogens (tertiary/aromatic N) is 2. The average molecular weight is 672 g/mol. The van der Waals surface area contributed by atoms with Crippen LogP contribution in [0.1, 0.15) is 59.3 Å². The second-order valence-corrected chi connectivity index (χ2v) is 10.7. The van der Waals surface area contributed by atoms with E-state index in [4.69, 9.17) is 0 Å². The summed E-state index contributed by atoms with van der Waals surface area (Å²) >= 11 is 0. The number of carbonyl (C=O) groups excluding carboxylic acids is 9. The summed E-state index contributed by atoms with van der Waals surface area (Å²) in [5.41, 5.74) is 0. The van der Waals surface area contributed by atoms with Crippen LogP contribution in [0.4, 0.5) is 0 Å². The van der Waals surface area contributed by atoms with Crippen LogP contribution in [0, 0.1) is 0 Å². The molecule has 0 spiro atoms. The summed E-state index contributed by atoms with van der Waals surface area (Å²) in [6, 6.07) is -3.92. The lowest BCUT2D eigenvalue weighted by Crippen LogP contribution is -2.58. The summed E-state index contributed by atoms with van der Waals surface area (Å²) in [6.45, 7) is 1.63. The summed E-state index contributed by atoms with van der Waals surface area (Å²) in [7, 11) is 0. The topological polar surface area (TPSA) is 285 Å². The molecule has 3 atom stereocenters. The van der Waals surface area contributed by atoms with Gasteiger partial charge in [0, 0.05) is 40.4 Å². The van der Waals surface area contributed by atoms with Crippen molar-refractivity contribution in [2.24, 2.45) is 0 Å². The zero-order chi connectivity index (χ0) is 35.5. The standard InChI is InChI=1S/C27H45N9O11/c1-16(37)28-10-4-7-20-26(44)34-21(9-6-12-36(47)18(3)39)27(45)33-19(8-5-11-35(46)17(2)38)25(43)31-14-23(41)29-13-22(40)30-15-24(42)32-20/h19-21,46-47H,4-15H2,1-3H3,(H,28,37)(H,29,41)(H,30,40)(H,31,43)(H,32,42)(H,33,45)(H,34,44)/t19-,20+,21+/m1/s1. The maximum absolute atomic E-state index is 13.5. The second kappa shape index (κ2) is 21.0. The Morgan fingerprint density at radius 2 is 1.02 bits per heavy atom. The third-order valence-electron chi connectivity index (χ3n) is 6.73. The van der Waals surface area contributed by atoms with Gasteiger partial charge in [0.25, 0.3) is 0 Å². The molecule has 20 heteroatoms. The van der Waals surface area contributed by atoms with E-state index in [0.717, 1.165) is 13.8 Å². The van der Waals surface area contributed by atoms with E-state index >= 15 is 0 Å². The molecule has 1 fully saturated rings. The van der Waals surface area contributed by atoms with Crippen LogP contribution in [0.15, 0.2) is 0 Å². The van der Waals surface area contributed by atoms with Crippen LogP contribution >= 0.6 is 0 Å². The summed E-state index contributed by atoms with van der Waals surface area (Å²) in [6.07, 6.45) is 0.00611. The van der Waals surface area contributed by atoms with Crippen molar-refractivity contribution in [3.63, 3.8) is 0 Å². The molecule has 0 aliphatic carbocycles. The minimum Gasteiger partial charge on any atom is -0.356 e. The van der Waals surface area contributed by atoms with Gasteiger partial charge >= 0.3 is 0 Å². The normalized spacial score (nSPS) is 20.1. The Labute approximate surface area is 271 Å². The number of nitrogens with one attached hydrogen (secondary N) is 7. The predicted molar refractivity (Wildman–Crippen MR) is 160 cm³/mol. The van der Waals surface area contributed by atoms with Gasteiger partial charge in [0.15, 0.2) is 0 Å². The molecular formula is C27H45N9O11. The number of amides is 9. The summed E-state index contributed by atoms with van der Waals surface area (Å²) in [5.74, 6) is -6.39. The van der Waals surface area contributed by atoms with E-state index in [-0.39, 0.29) is 64.1 Å². The molecule has 9 N–H and O–H groups in total. The van der Waals surface area contributed by atoms with E-state index in [1.807, 2.05) is 0 Å².